The molecule has 5 nitrogen and oxygen atoms in total. The van der Waals surface area contributed by atoms with Crippen molar-refractivity contribution in [3.05, 3.63) is 11.3 Å². The number of rotatable bonds is 0. The van der Waals surface area contributed by atoms with Crippen molar-refractivity contribution < 1.29 is 14.3 Å². The third-order valence-electron chi connectivity index (χ3n) is 2.68. The largest absolute Gasteiger partial charge is 0.456 e. The van der Waals surface area contributed by atoms with Gasteiger partial charge in [-0.3, -0.25) is 5.32 Å². The zero-order chi connectivity index (χ0) is 10.3. The van der Waals surface area contributed by atoms with Crippen LogP contribution in [0.15, 0.2) is 11.3 Å². The number of nitrogens with zero attached hydrogens (tertiary/aromatic N) is 1. The van der Waals surface area contributed by atoms with Crippen LogP contribution in [0.25, 0.3) is 0 Å². The van der Waals surface area contributed by atoms with Crippen molar-refractivity contribution in [1.29, 1.82) is 5.26 Å². The van der Waals surface area contributed by atoms with E-state index in [2.05, 4.69) is 5.32 Å². The van der Waals surface area contributed by atoms with Gasteiger partial charge >= 0.3 is 6.09 Å². The minimum Gasteiger partial charge on any atom is -0.456 e. The molecule has 74 valence electrons. The predicted octanol–water partition coefficient (Wildman–Crippen LogP) is 0.885. The smallest absolute Gasteiger partial charge is 0.410 e. The highest BCUT2D eigenvalue weighted by molar-refractivity contribution is 5.70. The fraction of sp³-hybridized carbons (Fsp3) is 0.556. The molecule has 1 amide bonds. The minimum absolute atomic E-state index is 0.0161. The van der Waals surface area contributed by atoms with Crippen LogP contribution in [0.3, 0.4) is 0 Å². The van der Waals surface area contributed by atoms with Crippen LogP contribution in [0, 0.1) is 17.2 Å². The van der Waals surface area contributed by atoms with Gasteiger partial charge in [-0.25, -0.2) is 4.79 Å². The zero-order valence-electron chi connectivity index (χ0n) is 7.90. The first kappa shape index (κ1) is 8.88. The average Bonchev–Trinajstić information content (AvgIpc) is 2.52. The third kappa shape index (κ3) is 1.11. The van der Waals surface area contributed by atoms with Gasteiger partial charge in [0.05, 0.1) is 0 Å². The summed E-state index contributed by atoms with van der Waals surface area (Å²) in [4.78, 5) is 10.9. The summed E-state index contributed by atoms with van der Waals surface area (Å²) in [5.41, 5.74) is 0.824. The molecule has 0 aromatic rings. The maximum atomic E-state index is 10.9. The van der Waals surface area contributed by atoms with Gasteiger partial charge in [-0.1, -0.05) is 6.92 Å². The second kappa shape index (κ2) is 2.91. The van der Waals surface area contributed by atoms with E-state index in [1.165, 1.54) is 0 Å². The molecule has 3 unspecified atom stereocenters. The van der Waals surface area contributed by atoms with E-state index in [0.717, 1.165) is 5.57 Å². The molecule has 14 heavy (non-hydrogen) atoms. The van der Waals surface area contributed by atoms with Crippen molar-refractivity contribution in [2.24, 2.45) is 5.92 Å². The average molecular weight is 194 g/mol. The Labute approximate surface area is 81.3 Å². The number of allylic oxidation sites excluding steroid dienone is 1. The van der Waals surface area contributed by atoms with E-state index in [-0.39, 0.29) is 17.8 Å². The molecule has 0 bridgehead atoms. The first-order valence-corrected chi connectivity index (χ1v) is 4.38. The molecule has 3 atom stereocenters. The van der Waals surface area contributed by atoms with E-state index < -0.39 is 12.3 Å². The molecule has 2 rings (SSSR count). The lowest BCUT2D eigenvalue weighted by Crippen LogP contribution is -2.41. The Bertz CT molecular complexity index is 356. The van der Waals surface area contributed by atoms with Crippen LogP contribution in [0.1, 0.15) is 13.8 Å². The summed E-state index contributed by atoms with van der Waals surface area (Å²) < 4.78 is 10.3. The fourth-order valence-corrected chi connectivity index (χ4v) is 1.67. The summed E-state index contributed by atoms with van der Waals surface area (Å²) in [5, 5.41) is 11.3. The second-order valence-electron chi connectivity index (χ2n) is 3.47. The Morgan fingerprint density at radius 1 is 1.50 bits per heavy atom. The van der Waals surface area contributed by atoms with Crippen LogP contribution in [-0.2, 0) is 9.47 Å². The Kier molecular flexibility index (Phi) is 1.84. The standard InChI is InChI=1S/C9H10N2O3/c1-4-5(2)7-8(11-9(12)14-7)13-6(4)3-10/h5,7-8H,1-2H3,(H,11,12). The van der Waals surface area contributed by atoms with Crippen molar-refractivity contribution in [1.82, 2.24) is 5.32 Å². The monoisotopic (exact) mass is 194 g/mol. The van der Waals surface area contributed by atoms with Crippen molar-refractivity contribution in [2.45, 2.75) is 26.2 Å². The molecular formula is C9H10N2O3. The van der Waals surface area contributed by atoms with Crippen LogP contribution < -0.4 is 5.32 Å². The van der Waals surface area contributed by atoms with Gasteiger partial charge in [0.1, 0.15) is 6.07 Å². The molecule has 0 spiro atoms. The normalized spacial score (nSPS) is 35.2. The van der Waals surface area contributed by atoms with Crippen molar-refractivity contribution in [3.8, 4) is 6.07 Å². The van der Waals surface area contributed by atoms with Gasteiger partial charge in [0.25, 0.3) is 0 Å². The third-order valence-corrected chi connectivity index (χ3v) is 2.68. The molecule has 2 aliphatic rings. The number of carbonyl (C=O) groups excluding carboxylic acids is 1. The molecule has 0 radical (unpaired) electrons. The minimum atomic E-state index is -0.518. The molecular weight excluding hydrogens is 184 g/mol. The lowest BCUT2D eigenvalue weighted by atomic mass is 9.92. The van der Waals surface area contributed by atoms with Crippen molar-refractivity contribution >= 4 is 6.09 Å². The molecule has 0 saturated carbocycles. The molecule has 0 aromatic heterocycles. The number of nitrogens with one attached hydrogen (secondary N) is 1. The van der Waals surface area contributed by atoms with Gasteiger partial charge in [-0.05, 0) is 12.5 Å². The van der Waals surface area contributed by atoms with Crippen molar-refractivity contribution in [2.75, 3.05) is 0 Å². The SMILES string of the molecule is CC1=C(C#N)OC2NC(=O)OC2C1C. The van der Waals surface area contributed by atoms with E-state index in [4.69, 9.17) is 14.7 Å². The topological polar surface area (TPSA) is 71.3 Å². The Morgan fingerprint density at radius 3 is 2.86 bits per heavy atom. The summed E-state index contributed by atoms with van der Waals surface area (Å²) in [6.07, 6.45) is -1.32. The van der Waals surface area contributed by atoms with Crippen LogP contribution in [0.2, 0.25) is 0 Å². The van der Waals surface area contributed by atoms with Gasteiger partial charge in [-0.2, -0.15) is 5.26 Å². The Balaban J connectivity index is 2.31. The lowest BCUT2D eigenvalue weighted by molar-refractivity contribution is -0.00521. The number of amides is 1. The Morgan fingerprint density at radius 2 is 2.21 bits per heavy atom. The number of nitriles is 1. The highest BCUT2D eigenvalue weighted by atomic mass is 16.6. The van der Waals surface area contributed by atoms with E-state index in [1.54, 1.807) is 0 Å². The maximum absolute atomic E-state index is 10.9. The molecule has 0 aromatic carbocycles. The molecule has 1 saturated heterocycles. The molecule has 2 aliphatic heterocycles. The summed E-state index contributed by atoms with van der Waals surface area (Å²) in [7, 11) is 0. The van der Waals surface area contributed by atoms with Gasteiger partial charge in [0.15, 0.2) is 11.9 Å². The predicted molar refractivity (Wildman–Crippen MR) is 45.8 cm³/mol. The van der Waals surface area contributed by atoms with E-state index in [1.807, 2.05) is 19.9 Å². The van der Waals surface area contributed by atoms with E-state index in [9.17, 15) is 4.79 Å². The first-order valence-electron chi connectivity index (χ1n) is 4.38. The highest BCUT2D eigenvalue weighted by Gasteiger charge is 2.44. The van der Waals surface area contributed by atoms with E-state index >= 15 is 0 Å². The number of hydrogen-bond donors (Lipinski definition) is 1. The van der Waals surface area contributed by atoms with Crippen LogP contribution in [-0.4, -0.2) is 18.4 Å². The number of ether oxygens (including phenoxy) is 2. The lowest BCUT2D eigenvalue weighted by Gasteiger charge is -2.29. The molecule has 5 heteroatoms. The summed E-state index contributed by atoms with van der Waals surface area (Å²) in [6, 6.07) is 1.96. The molecule has 0 aliphatic carbocycles. The zero-order valence-corrected chi connectivity index (χ0v) is 7.90. The Hall–Kier alpha value is -1.70. The summed E-state index contributed by atoms with van der Waals surface area (Å²) in [5.74, 6) is 0.298. The second-order valence-corrected chi connectivity index (χ2v) is 3.47. The van der Waals surface area contributed by atoms with Crippen LogP contribution in [0.5, 0.6) is 0 Å². The van der Waals surface area contributed by atoms with Gasteiger partial charge in [-0.15, -0.1) is 0 Å². The van der Waals surface area contributed by atoms with E-state index in [0.29, 0.717) is 0 Å². The summed E-state index contributed by atoms with van der Waals surface area (Å²) in [6.45, 7) is 3.72. The highest BCUT2D eigenvalue weighted by Crippen LogP contribution is 2.32. The number of carbonyl (C=O) groups is 1. The quantitative estimate of drug-likeness (QED) is 0.621. The molecule has 2 heterocycles. The number of alkyl carbamates (subject to hydrolysis) is 1. The van der Waals surface area contributed by atoms with Crippen LogP contribution in [0.4, 0.5) is 4.79 Å². The van der Waals surface area contributed by atoms with Gasteiger partial charge in [0.2, 0.25) is 6.23 Å². The summed E-state index contributed by atoms with van der Waals surface area (Å²) >= 11 is 0. The van der Waals surface area contributed by atoms with Gasteiger partial charge in [0, 0.05) is 5.92 Å². The fourth-order valence-electron chi connectivity index (χ4n) is 1.67. The van der Waals surface area contributed by atoms with Crippen LogP contribution >= 0.6 is 0 Å². The molecule has 1 fully saturated rings. The number of hydrogen-bond acceptors (Lipinski definition) is 4. The van der Waals surface area contributed by atoms with Gasteiger partial charge < -0.3 is 9.47 Å². The maximum Gasteiger partial charge on any atom is 0.410 e. The number of fused-ring (bicyclic) bond motifs is 1. The van der Waals surface area contributed by atoms with Crippen molar-refractivity contribution in [3.63, 3.8) is 0 Å². The molecule has 1 N–H and O–H groups in total. The first-order chi connectivity index (χ1) is 6.63.